The van der Waals surface area contributed by atoms with E-state index < -0.39 is 0 Å². The predicted molar refractivity (Wildman–Crippen MR) is 80.8 cm³/mol. The Kier molecular flexibility index (Phi) is 4.03. The molecule has 1 heterocycles. The maximum atomic E-state index is 11.9. The second kappa shape index (κ2) is 5.53. The number of nitrogens with zero attached hydrogens (tertiary/aromatic N) is 1. The van der Waals surface area contributed by atoms with E-state index in [-0.39, 0.29) is 16.7 Å². The quantitative estimate of drug-likeness (QED) is 0.795. The van der Waals surface area contributed by atoms with E-state index in [1.54, 1.807) is 0 Å². The molecule has 0 spiro atoms. The van der Waals surface area contributed by atoms with Gasteiger partial charge in [-0.1, -0.05) is 11.6 Å². The first-order valence-electron chi connectivity index (χ1n) is 5.04. The summed E-state index contributed by atoms with van der Waals surface area (Å²) in [7, 11) is 0. The van der Waals surface area contributed by atoms with Crippen molar-refractivity contribution in [3.8, 4) is 0 Å². The Balaban J connectivity index is 2.16. The number of hydrogen-bond donors (Lipinski definition) is 2. The molecule has 92 valence electrons. The zero-order chi connectivity index (χ0) is 13.1. The van der Waals surface area contributed by atoms with Gasteiger partial charge >= 0.3 is 0 Å². The largest absolute Gasteiger partial charge is 0.382 e. The molecular weight excluding hydrogens is 365 g/mol. The highest BCUT2D eigenvalue weighted by molar-refractivity contribution is 14.1. The number of carbonyl (C=O) groups excluding carboxylic acids is 1. The summed E-state index contributed by atoms with van der Waals surface area (Å²) in [6.45, 7) is 0. The smallest absolute Gasteiger partial charge is 0.257 e. The van der Waals surface area contributed by atoms with Crippen LogP contribution < -0.4 is 11.1 Å². The van der Waals surface area contributed by atoms with Crippen LogP contribution in [0.1, 0.15) is 10.4 Å². The highest BCUT2D eigenvalue weighted by atomic mass is 127. The third-order valence-electron chi connectivity index (χ3n) is 2.23. The van der Waals surface area contributed by atoms with Crippen molar-refractivity contribution in [1.82, 2.24) is 4.98 Å². The number of anilines is 2. The molecule has 0 aliphatic rings. The Morgan fingerprint density at radius 2 is 2.00 bits per heavy atom. The van der Waals surface area contributed by atoms with E-state index in [0.717, 1.165) is 3.57 Å². The Morgan fingerprint density at radius 1 is 1.33 bits per heavy atom. The van der Waals surface area contributed by atoms with E-state index in [2.05, 4.69) is 32.9 Å². The normalized spacial score (nSPS) is 10.1. The van der Waals surface area contributed by atoms with Crippen molar-refractivity contribution >= 4 is 51.6 Å². The highest BCUT2D eigenvalue weighted by Gasteiger charge is 2.08. The van der Waals surface area contributed by atoms with Gasteiger partial charge in [0.2, 0.25) is 0 Å². The first-order valence-corrected chi connectivity index (χ1v) is 6.50. The second-order valence-electron chi connectivity index (χ2n) is 3.55. The molecule has 6 heteroatoms. The number of benzene rings is 1. The average Bonchev–Trinajstić information content (AvgIpc) is 2.35. The fraction of sp³-hybridized carbons (Fsp3) is 0. The number of pyridine rings is 1. The van der Waals surface area contributed by atoms with Crippen LogP contribution >= 0.6 is 34.2 Å². The van der Waals surface area contributed by atoms with Crippen LogP contribution in [-0.2, 0) is 0 Å². The minimum atomic E-state index is -0.273. The average molecular weight is 374 g/mol. The summed E-state index contributed by atoms with van der Waals surface area (Å²) in [6.07, 6.45) is 1.39. The van der Waals surface area contributed by atoms with Gasteiger partial charge in [-0.25, -0.2) is 4.98 Å². The molecule has 1 aromatic heterocycles. The number of nitrogens with two attached hydrogens (primary N) is 1. The van der Waals surface area contributed by atoms with Crippen molar-refractivity contribution in [1.29, 1.82) is 0 Å². The monoisotopic (exact) mass is 373 g/mol. The predicted octanol–water partition coefficient (Wildman–Crippen LogP) is 3.17. The van der Waals surface area contributed by atoms with E-state index in [9.17, 15) is 4.79 Å². The lowest BCUT2D eigenvalue weighted by Crippen LogP contribution is -2.12. The SMILES string of the molecule is Nc1ncc(C(=O)Nc2ccc(I)cc2)cc1Cl. The Bertz CT molecular complexity index is 586. The Morgan fingerprint density at radius 3 is 2.61 bits per heavy atom. The van der Waals surface area contributed by atoms with Crippen LogP contribution in [-0.4, -0.2) is 10.9 Å². The van der Waals surface area contributed by atoms with E-state index in [1.807, 2.05) is 24.3 Å². The zero-order valence-electron chi connectivity index (χ0n) is 9.15. The van der Waals surface area contributed by atoms with E-state index in [1.165, 1.54) is 12.3 Å². The maximum absolute atomic E-state index is 11.9. The summed E-state index contributed by atoms with van der Waals surface area (Å²) in [6, 6.07) is 8.96. The number of aromatic nitrogens is 1. The molecule has 0 aliphatic heterocycles. The summed E-state index contributed by atoms with van der Waals surface area (Å²) in [5.74, 6) is -0.0620. The van der Waals surface area contributed by atoms with Crippen molar-refractivity contribution in [2.24, 2.45) is 0 Å². The van der Waals surface area contributed by atoms with Gasteiger partial charge in [0.25, 0.3) is 5.91 Å². The van der Waals surface area contributed by atoms with Crippen LogP contribution in [0.15, 0.2) is 36.5 Å². The molecule has 2 rings (SSSR count). The van der Waals surface area contributed by atoms with Gasteiger partial charge in [-0.05, 0) is 52.9 Å². The van der Waals surface area contributed by atoms with Crippen molar-refractivity contribution in [3.63, 3.8) is 0 Å². The lowest BCUT2D eigenvalue weighted by Gasteiger charge is -2.06. The van der Waals surface area contributed by atoms with Crippen LogP contribution in [0.4, 0.5) is 11.5 Å². The molecular formula is C12H9ClIN3O. The first-order chi connectivity index (χ1) is 8.56. The molecule has 0 saturated carbocycles. The number of nitrogen functional groups attached to an aromatic ring is 1. The molecule has 1 amide bonds. The van der Waals surface area contributed by atoms with Gasteiger partial charge in [0.1, 0.15) is 5.82 Å². The fourth-order valence-corrected chi connectivity index (χ4v) is 1.84. The van der Waals surface area contributed by atoms with Crippen LogP contribution in [0.5, 0.6) is 0 Å². The van der Waals surface area contributed by atoms with Gasteiger partial charge in [0.05, 0.1) is 10.6 Å². The molecule has 0 unspecified atom stereocenters. The van der Waals surface area contributed by atoms with Crippen LogP contribution in [0.2, 0.25) is 5.02 Å². The summed E-state index contributed by atoms with van der Waals surface area (Å²) in [5.41, 5.74) is 6.57. The molecule has 0 fully saturated rings. The third-order valence-corrected chi connectivity index (χ3v) is 3.26. The van der Waals surface area contributed by atoms with Gasteiger partial charge in [0.15, 0.2) is 0 Å². The molecule has 0 saturated heterocycles. The lowest BCUT2D eigenvalue weighted by atomic mass is 10.2. The Hall–Kier alpha value is -1.34. The number of carbonyl (C=O) groups is 1. The van der Waals surface area contributed by atoms with Gasteiger partial charge in [-0.3, -0.25) is 4.79 Å². The van der Waals surface area contributed by atoms with E-state index >= 15 is 0 Å². The minimum absolute atomic E-state index is 0.211. The van der Waals surface area contributed by atoms with Crippen molar-refractivity contribution in [2.45, 2.75) is 0 Å². The van der Waals surface area contributed by atoms with Crippen LogP contribution in [0.25, 0.3) is 0 Å². The number of nitrogens with one attached hydrogen (secondary N) is 1. The topological polar surface area (TPSA) is 68.0 Å². The van der Waals surface area contributed by atoms with Crippen molar-refractivity contribution in [2.75, 3.05) is 11.1 Å². The summed E-state index contributed by atoms with van der Waals surface area (Å²) in [5, 5.41) is 3.02. The van der Waals surface area contributed by atoms with Crippen LogP contribution in [0.3, 0.4) is 0 Å². The summed E-state index contributed by atoms with van der Waals surface area (Å²) in [4.78, 5) is 15.7. The zero-order valence-corrected chi connectivity index (χ0v) is 12.1. The molecule has 2 aromatic rings. The fourth-order valence-electron chi connectivity index (χ4n) is 1.31. The molecule has 0 atom stereocenters. The van der Waals surface area contributed by atoms with Crippen molar-refractivity contribution < 1.29 is 4.79 Å². The number of hydrogen-bond acceptors (Lipinski definition) is 3. The number of halogens is 2. The molecule has 1 aromatic carbocycles. The van der Waals surface area contributed by atoms with Gasteiger partial charge in [-0.2, -0.15) is 0 Å². The van der Waals surface area contributed by atoms with Crippen LogP contribution in [0, 0.1) is 3.57 Å². The first kappa shape index (κ1) is 13.1. The minimum Gasteiger partial charge on any atom is -0.382 e. The lowest BCUT2D eigenvalue weighted by molar-refractivity contribution is 0.102. The molecule has 18 heavy (non-hydrogen) atoms. The molecule has 0 radical (unpaired) electrons. The summed E-state index contributed by atoms with van der Waals surface area (Å²) >= 11 is 8.01. The molecule has 0 aliphatic carbocycles. The van der Waals surface area contributed by atoms with Gasteiger partial charge < -0.3 is 11.1 Å². The second-order valence-corrected chi connectivity index (χ2v) is 5.20. The molecule has 0 bridgehead atoms. The van der Waals surface area contributed by atoms with Crippen molar-refractivity contribution in [3.05, 3.63) is 50.7 Å². The highest BCUT2D eigenvalue weighted by Crippen LogP contribution is 2.18. The van der Waals surface area contributed by atoms with Gasteiger partial charge in [-0.15, -0.1) is 0 Å². The molecule has 4 nitrogen and oxygen atoms in total. The number of rotatable bonds is 2. The number of amides is 1. The van der Waals surface area contributed by atoms with Gasteiger partial charge in [0, 0.05) is 15.5 Å². The third kappa shape index (κ3) is 3.11. The van der Waals surface area contributed by atoms with E-state index in [4.69, 9.17) is 17.3 Å². The molecule has 3 N–H and O–H groups in total. The van der Waals surface area contributed by atoms with E-state index in [0.29, 0.717) is 11.3 Å². The summed E-state index contributed by atoms with van der Waals surface area (Å²) < 4.78 is 1.10. The Labute approximate surface area is 123 Å². The standard InChI is InChI=1S/C12H9ClIN3O/c13-10-5-7(6-16-11(10)15)12(18)17-9-3-1-8(14)2-4-9/h1-6H,(H2,15,16)(H,17,18). The maximum Gasteiger partial charge on any atom is 0.257 e.